The molecule has 0 aliphatic carbocycles. The first kappa shape index (κ1) is 65.8. The Morgan fingerprint density at radius 3 is 0.870 bits per heavy atom. The Kier molecular flexibility index (Phi) is 46.7. The van der Waals surface area contributed by atoms with Crippen molar-refractivity contribution in [3.8, 4) is 0 Å². The van der Waals surface area contributed by atoms with Crippen molar-refractivity contribution in [2.75, 3.05) is 39.3 Å². The SMILES string of the molecule is CCCCCCCCCCCCN(CCCC[C@@H]1NC(=O)[C@H](CCCCN(C[C@H](O)CCCCCCCCCC)C[C@H](O)CCCCCCCCCC)NC1=O)C[C@H](O)CCCCCCCCCC. The highest BCUT2D eigenvalue weighted by atomic mass is 16.3. The molecule has 2 amide bonds. The van der Waals surface area contributed by atoms with Gasteiger partial charge in [0.25, 0.3) is 0 Å². The summed E-state index contributed by atoms with van der Waals surface area (Å²) in [7, 11) is 0. The van der Waals surface area contributed by atoms with Gasteiger partial charge in [-0.1, -0.05) is 240 Å². The second kappa shape index (κ2) is 49.0. The van der Waals surface area contributed by atoms with Crippen molar-refractivity contribution < 1.29 is 24.9 Å². The van der Waals surface area contributed by atoms with Gasteiger partial charge in [0.1, 0.15) is 12.1 Å². The summed E-state index contributed by atoms with van der Waals surface area (Å²) >= 11 is 0. The van der Waals surface area contributed by atoms with E-state index in [0.717, 1.165) is 90.4 Å². The van der Waals surface area contributed by atoms with Crippen LogP contribution in [0.2, 0.25) is 0 Å². The standard InChI is InChI=1S/C60H120N4O5/c1-5-9-13-17-21-25-26-30-34-40-48-63(51-54(65)43-35-31-27-22-18-14-10-6-2)49-41-38-46-57-59(68)62-58(60(69)61-57)47-39-42-50-64(52-55(66)44-36-32-28-23-19-15-11-7-3)53-56(67)45-37-33-29-24-20-16-12-8-4/h54-58,65-67H,5-53H2,1-4H3,(H,61,69)(H,62,68)/t54-,55-,56-,57+,58+/m1/s1. The Bertz CT molecular complexity index is 1090. The topological polar surface area (TPSA) is 125 Å². The van der Waals surface area contributed by atoms with Crippen LogP contribution in [-0.2, 0) is 9.59 Å². The first-order chi connectivity index (χ1) is 33.7. The molecule has 0 aromatic rings. The van der Waals surface area contributed by atoms with Gasteiger partial charge < -0.3 is 30.9 Å². The monoisotopic (exact) mass is 977 g/mol. The van der Waals surface area contributed by atoms with E-state index in [0.29, 0.717) is 25.9 Å². The normalized spacial score (nSPS) is 16.7. The maximum atomic E-state index is 13.3. The largest absolute Gasteiger partial charge is 0.392 e. The van der Waals surface area contributed by atoms with Crippen LogP contribution in [0.25, 0.3) is 0 Å². The number of aliphatic hydroxyl groups excluding tert-OH is 3. The van der Waals surface area contributed by atoms with Crippen LogP contribution in [0.3, 0.4) is 0 Å². The summed E-state index contributed by atoms with van der Waals surface area (Å²) in [5.74, 6) is -0.151. The molecule has 1 saturated heterocycles. The molecule has 0 unspecified atom stereocenters. The van der Waals surface area contributed by atoms with Crippen molar-refractivity contribution in [3.05, 3.63) is 0 Å². The van der Waals surface area contributed by atoms with Crippen LogP contribution in [0.1, 0.15) is 304 Å². The Balaban J connectivity index is 2.56. The number of unbranched alkanes of at least 4 members (excludes halogenated alkanes) is 32. The van der Waals surface area contributed by atoms with E-state index >= 15 is 0 Å². The van der Waals surface area contributed by atoms with E-state index in [1.807, 2.05) is 0 Å². The van der Waals surface area contributed by atoms with Gasteiger partial charge in [-0.05, 0) is 83.8 Å². The van der Waals surface area contributed by atoms with Crippen LogP contribution < -0.4 is 10.6 Å². The second-order valence-corrected chi connectivity index (χ2v) is 22.1. The minimum atomic E-state index is -0.513. The molecule has 1 aliphatic rings. The average molecular weight is 978 g/mol. The third-order valence-electron chi connectivity index (χ3n) is 15.1. The fraction of sp³-hybridized carbons (Fsp3) is 0.967. The zero-order valence-electron chi connectivity index (χ0n) is 46.6. The van der Waals surface area contributed by atoms with E-state index in [1.165, 1.54) is 199 Å². The third kappa shape index (κ3) is 40.9. The Hall–Kier alpha value is -1.26. The molecule has 1 heterocycles. The highest BCUT2D eigenvalue weighted by Gasteiger charge is 2.33. The highest BCUT2D eigenvalue weighted by molar-refractivity contribution is 5.96. The zero-order chi connectivity index (χ0) is 50.3. The number of rotatable bonds is 54. The predicted molar refractivity (Wildman–Crippen MR) is 296 cm³/mol. The molecule has 1 fully saturated rings. The molecule has 0 radical (unpaired) electrons. The number of carbonyl (C=O) groups excluding carboxylic acids is 2. The quantitative estimate of drug-likeness (QED) is 0.0384. The van der Waals surface area contributed by atoms with Crippen molar-refractivity contribution in [2.45, 2.75) is 334 Å². The van der Waals surface area contributed by atoms with Gasteiger partial charge >= 0.3 is 0 Å². The van der Waals surface area contributed by atoms with Gasteiger partial charge in [0.15, 0.2) is 0 Å². The summed E-state index contributed by atoms with van der Waals surface area (Å²) < 4.78 is 0. The number of carbonyl (C=O) groups is 2. The number of piperazine rings is 1. The molecule has 410 valence electrons. The van der Waals surface area contributed by atoms with Crippen molar-refractivity contribution in [3.63, 3.8) is 0 Å². The average Bonchev–Trinajstić information content (AvgIpc) is 3.33. The van der Waals surface area contributed by atoms with Gasteiger partial charge in [-0.15, -0.1) is 0 Å². The van der Waals surface area contributed by atoms with E-state index < -0.39 is 24.3 Å². The summed E-state index contributed by atoms with van der Waals surface area (Å²) in [6, 6.07) is -1.00. The highest BCUT2D eigenvalue weighted by Crippen LogP contribution is 2.18. The zero-order valence-corrected chi connectivity index (χ0v) is 46.6. The molecule has 9 heteroatoms. The molecule has 1 rings (SSSR count). The number of aliphatic hydroxyl groups is 3. The molecular formula is C60H120N4O5. The van der Waals surface area contributed by atoms with E-state index in [9.17, 15) is 24.9 Å². The summed E-state index contributed by atoms with van der Waals surface area (Å²) in [5.41, 5.74) is 0. The lowest BCUT2D eigenvalue weighted by atomic mass is 10.0. The fourth-order valence-electron chi connectivity index (χ4n) is 10.5. The maximum absolute atomic E-state index is 13.3. The smallest absolute Gasteiger partial charge is 0.243 e. The molecule has 0 aromatic carbocycles. The van der Waals surface area contributed by atoms with E-state index in [2.05, 4.69) is 48.1 Å². The second-order valence-electron chi connectivity index (χ2n) is 22.1. The number of amides is 2. The molecule has 69 heavy (non-hydrogen) atoms. The Labute approximate surface area is 429 Å². The van der Waals surface area contributed by atoms with Crippen LogP contribution in [0.15, 0.2) is 0 Å². The van der Waals surface area contributed by atoms with Crippen LogP contribution in [0, 0.1) is 0 Å². The summed E-state index contributed by atoms with van der Waals surface area (Å²) in [5, 5.41) is 39.3. The number of nitrogens with one attached hydrogen (secondary N) is 2. The van der Waals surface area contributed by atoms with Gasteiger partial charge in [0, 0.05) is 19.6 Å². The van der Waals surface area contributed by atoms with Crippen molar-refractivity contribution in [1.29, 1.82) is 0 Å². The van der Waals surface area contributed by atoms with Crippen molar-refractivity contribution in [1.82, 2.24) is 20.4 Å². The minimum absolute atomic E-state index is 0.0719. The molecule has 0 bridgehead atoms. The molecule has 0 saturated carbocycles. The maximum Gasteiger partial charge on any atom is 0.243 e. The first-order valence-electron chi connectivity index (χ1n) is 30.8. The van der Waals surface area contributed by atoms with Crippen LogP contribution >= 0.6 is 0 Å². The predicted octanol–water partition coefficient (Wildman–Crippen LogP) is 14.5. The van der Waals surface area contributed by atoms with E-state index in [1.54, 1.807) is 0 Å². The third-order valence-corrected chi connectivity index (χ3v) is 15.1. The number of hydrogen-bond acceptors (Lipinski definition) is 7. The molecule has 5 N–H and O–H groups in total. The van der Waals surface area contributed by atoms with Crippen molar-refractivity contribution in [2.24, 2.45) is 0 Å². The lowest BCUT2D eigenvalue weighted by Gasteiger charge is -2.30. The van der Waals surface area contributed by atoms with Gasteiger partial charge in [-0.2, -0.15) is 0 Å². The van der Waals surface area contributed by atoms with E-state index in [4.69, 9.17) is 0 Å². The van der Waals surface area contributed by atoms with Crippen LogP contribution in [-0.4, -0.2) is 107 Å². The van der Waals surface area contributed by atoms with Gasteiger partial charge in [-0.3, -0.25) is 14.5 Å². The minimum Gasteiger partial charge on any atom is -0.392 e. The molecule has 0 spiro atoms. The Morgan fingerprint density at radius 2 is 0.565 bits per heavy atom. The molecule has 0 aromatic heterocycles. The number of hydrogen-bond donors (Lipinski definition) is 5. The van der Waals surface area contributed by atoms with Gasteiger partial charge in [0.2, 0.25) is 11.8 Å². The summed E-state index contributed by atoms with van der Waals surface area (Å²) in [6.45, 7) is 13.6. The summed E-state index contributed by atoms with van der Waals surface area (Å²) in [4.78, 5) is 31.3. The van der Waals surface area contributed by atoms with Gasteiger partial charge in [0.05, 0.1) is 18.3 Å². The lowest BCUT2D eigenvalue weighted by molar-refractivity contribution is -0.137. The molecule has 5 atom stereocenters. The van der Waals surface area contributed by atoms with E-state index in [-0.39, 0.29) is 17.9 Å². The van der Waals surface area contributed by atoms with Crippen LogP contribution in [0.4, 0.5) is 0 Å². The fourth-order valence-corrected chi connectivity index (χ4v) is 10.5. The molecule has 9 nitrogen and oxygen atoms in total. The van der Waals surface area contributed by atoms with Crippen LogP contribution in [0.5, 0.6) is 0 Å². The number of nitrogens with zero attached hydrogens (tertiary/aromatic N) is 2. The first-order valence-corrected chi connectivity index (χ1v) is 30.8. The molecule has 1 aliphatic heterocycles. The summed E-state index contributed by atoms with van der Waals surface area (Å²) in [6.07, 6.45) is 49.5. The lowest BCUT2D eigenvalue weighted by Crippen LogP contribution is -2.61. The molecular weight excluding hydrogens is 857 g/mol. The van der Waals surface area contributed by atoms with Gasteiger partial charge in [-0.25, -0.2) is 0 Å². The van der Waals surface area contributed by atoms with Crippen molar-refractivity contribution >= 4 is 11.8 Å². The Morgan fingerprint density at radius 1 is 0.333 bits per heavy atom.